The van der Waals surface area contributed by atoms with Crippen molar-refractivity contribution in [3.63, 3.8) is 0 Å². The Bertz CT molecular complexity index is 2960. The Labute approximate surface area is 377 Å². The molecule has 0 saturated carbocycles. The third-order valence-corrected chi connectivity index (χ3v) is 12.1. The van der Waals surface area contributed by atoms with Crippen LogP contribution in [0.3, 0.4) is 0 Å². The van der Waals surface area contributed by atoms with Crippen LogP contribution in [-0.2, 0) is 26.5 Å². The van der Waals surface area contributed by atoms with E-state index in [9.17, 15) is 0 Å². The normalized spacial score (nSPS) is 12.2. The molecule has 11 rings (SSSR count). The van der Waals surface area contributed by atoms with Gasteiger partial charge in [0.15, 0.2) is 0 Å². The molecule has 0 N–H and O–H groups in total. The standard InChI is InChI=1S/C59H38N2.Pt/c1-5-17-41(18-6-1)45-33-35-60-57(37-45)53-39-47(29-31-49(53)43-21-9-3-10-22-43)59(55-27-15-13-25-51(55)52-26-14-16-28-56(52)59)48-30-32-50(44-23-11-4-12-24-44)54(40-48)58-38-46(34-36-61-58)42-19-7-2-8-20-42;/h1-38H;/q-2;+2. The first-order valence-electron chi connectivity index (χ1n) is 20.7. The molecule has 294 valence electrons. The molecule has 2 heterocycles. The Morgan fingerprint density at radius 3 is 1.06 bits per heavy atom. The summed E-state index contributed by atoms with van der Waals surface area (Å²) in [5, 5.41) is 0. The van der Waals surface area contributed by atoms with E-state index < -0.39 is 5.41 Å². The average Bonchev–Trinajstić information content (AvgIpc) is 3.66. The molecule has 0 saturated heterocycles. The van der Waals surface area contributed by atoms with E-state index in [-0.39, 0.29) is 21.1 Å². The molecule has 10 aromatic rings. The Hall–Kier alpha value is -7.25. The van der Waals surface area contributed by atoms with Crippen LogP contribution >= 0.6 is 0 Å². The fraction of sp³-hybridized carbons (Fsp3) is 0.0169. The zero-order valence-electron chi connectivity index (χ0n) is 33.6. The van der Waals surface area contributed by atoms with Crippen LogP contribution in [0.1, 0.15) is 22.3 Å². The second-order valence-electron chi connectivity index (χ2n) is 15.5. The number of pyridine rings is 2. The maximum atomic E-state index is 5.06. The van der Waals surface area contributed by atoms with Crippen LogP contribution in [0, 0.1) is 12.1 Å². The molecule has 0 fully saturated rings. The van der Waals surface area contributed by atoms with E-state index in [0.29, 0.717) is 0 Å². The van der Waals surface area contributed by atoms with Gasteiger partial charge in [0, 0.05) is 17.8 Å². The minimum absolute atomic E-state index is 0. The monoisotopic (exact) mass is 969 g/mol. The molecular weight excluding hydrogens is 932 g/mol. The summed E-state index contributed by atoms with van der Waals surface area (Å²) in [4.78, 5) is 10.1. The van der Waals surface area contributed by atoms with Crippen LogP contribution in [-0.4, -0.2) is 9.97 Å². The van der Waals surface area contributed by atoms with Gasteiger partial charge < -0.3 is 9.97 Å². The summed E-state index contributed by atoms with van der Waals surface area (Å²) < 4.78 is 0. The topological polar surface area (TPSA) is 25.8 Å². The number of hydrogen-bond donors (Lipinski definition) is 0. The van der Waals surface area contributed by atoms with E-state index in [4.69, 9.17) is 9.97 Å². The SMILES string of the molecule is [Pt+2].[c-]1c(C2(c3[c-]c(-c4cc(-c5ccccc5)ccn4)c(-c4ccccc4)cc3)c3ccccc3-c3ccccc32)ccc(-c2ccccc2)c1-c1cc(-c2ccccc2)ccn1. The molecule has 2 aromatic heterocycles. The van der Waals surface area contributed by atoms with Gasteiger partial charge in [-0.2, -0.15) is 0 Å². The van der Waals surface area contributed by atoms with Crippen molar-refractivity contribution in [2.24, 2.45) is 0 Å². The van der Waals surface area contributed by atoms with Crippen LogP contribution in [0.5, 0.6) is 0 Å². The van der Waals surface area contributed by atoms with Crippen molar-refractivity contribution in [2.45, 2.75) is 5.41 Å². The fourth-order valence-corrected chi connectivity index (χ4v) is 9.26. The minimum atomic E-state index is -0.783. The number of nitrogens with zero attached hydrogens (tertiary/aromatic N) is 2. The third-order valence-electron chi connectivity index (χ3n) is 12.1. The number of fused-ring (bicyclic) bond motifs is 3. The van der Waals surface area contributed by atoms with Crippen LogP contribution in [0.15, 0.2) is 231 Å². The summed E-state index contributed by atoms with van der Waals surface area (Å²) in [6.45, 7) is 0. The van der Waals surface area contributed by atoms with E-state index in [1.807, 2.05) is 12.4 Å². The second-order valence-corrected chi connectivity index (χ2v) is 15.5. The molecular formula is C59H38N2Pt. The van der Waals surface area contributed by atoms with Crippen molar-refractivity contribution in [1.82, 2.24) is 9.97 Å². The molecule has 0 radical (unpaired) electrons. The number of hydrogen-bond acceptors (Lipinski definition) is 2. The average molecular weight is 970 g/mol. The predicted molar refractivity (Wildman–Crippen MR) is 250 cm³/mol. The van der Waals surface area contributed by atoms with Gasteiger partial charge in [-0.15, -0.1) is 58.7 Å². The predicted octanol–water partition coefficient (Wildman–Crippen LogP) is 14.4. The zero-order chi connectivity index (χ0) is 40.6. The van der Waals surface area contributed by atoms with Crippen LogP contribution in [0.4, 0.5) is 0 Å². The largest absolute Gasteiger partial charge is 2.00 e. The van der Waals surface area contributed by atoms with Gasteiger partial charge in [0.05, 0.1) is 0 Å². The van der Waals surface area contributed by atoms with Crippen molar-refractivity contribution < 1.29 is 21.1 Å². The van der Waals surface area contributed by atoms with Gasteiger partial charge in [-0.1, -0.05) is 204 Å². The van der Waals surface area contributed by atoms with E-state index >= 15 is 0 Å². The van der Waals surface area contributed by atoms with Gasteiger partial charge in [0.2, 0.25) is 0 Å². The molecule has 1 aliphatic carbocycles. The Morgan fingerprint density at radius 1 is 0.306 bits per heavy atom. The van der Waals surface area contributed by atoms with Gasteiger partial charge in [0.25, 0.3) is 0 Å². The summed E-state index contributed by atoms with van der Waals surface area (Å²) >= 11 is 0. The Kier molecular flexibility index (Phi) is 10.5. The maximum absolute atomic E-state index is 5.06. The Morgan fingerprint density at radius 2 is 0.661 bits per heavy atom. The number of rotatable bonds is 8. The molecule has 2 nitrogen and oxygen atoms in total. The quantitative estimate of drug-likeness (QED) is 0.142. The molecule has 0 atom stereocenters. The van der Waals surface area contributed by atoms with Crippen molar-refractivity contribution >= 4 is 0 Å². The summed E-state index contributed by atoms with van der Waals surface area (Å²) in [6, 6.07) is 85.8. The third kappa shape index (κ3) is 6.74. The minimum Gasteiger partial charge on any atom is -0.305 e. The van der Waals surface area contributed by atoms with Crippen molar-refractivity contribution in [1.29, 1.82) is 0 Å². The smallest absolute Gasteiger partial charge is 0.305 e. The molecule has 1 aliphatic rings. The molecule has 0 bridgehead atoms. The van der Waals surface area contributed by atoms with E-state index in [1.165, 1.54) is 22.3 Å². The van der Waals surface area contributed by atoms with Gasteiger partial charge in [0.1, 0.15) is 0 Å². The maximum Gasteiger partial charge on any atom is 2.00 e. The molecule has 0 unspecified atom stereocenters. The fourth-order valence-electron chi connectivity index (χ4n) is 9.26. The van der Waals surface area contributed by atoms with Crippen LogP contribution in [0.25, 0.3) is 78.1 Å². The number of aromatic nitrogens is 2. The summed E-state index contributed by atoms with van der Waals surface area (Å²) in [7, 11) is 0. The first-order valence-corrected chi connectivity index (χ1v) is 20.7. The van der Waals surface area contributed by atoms with Crippen molar-refractivity contribution in [3.05, 3.63) is 265 Å². The van der Waals surface area contributed by atoms with Gasteiger partial charge in [-0.3, -0.25) is 0 Å². The molecule has 0 amide bonds. The Balaban J connectivity index is 0.00000458. The molecule has 0 spiro atoms. The summed E-state index contributed by atoms with van der Waals surface area (Å²) in [6.07, 6.45) is 3.84. The van der Waals surface area contributed by atoms with Gasteiger partial charge in [-0.05, 0) is 68.0 Å². The molecule has 62 heavy (non-hydrogen) atoms. The zero-order valence-corrected chi connectivity index (χ0v) is 35.9. The van der Waals surface area contributed by atoms with E-state index in [1.54, 1.807) is 0 Å². The van der Waals surface area contributed by atoms with Crippen LogP contribution < -0.4 is 0 Å². The van der Waals surface area contributed by atoms with E-state index in [0.717, 1.165) is 78.1 Å². The molecule has 3 heteroatoms. The van der Waals surface area contributed by atoms with Crippen molar-refractivity contribution in [2.75, 3.05) is 0 Å². The molecule has 8 aromatic carbocycles. The van der Waals surface area contributed by atoms with Crippen molar-refractivity contribution in [3.8, 4) is 78.1 Å². The number of benzene rings is 8. The van der Waals surface area contributed by atoms with Gasteiger partial charge >= 0.3 is 21.1 Å². The van der Waals surface area contributed by atoms with E-state index in [2.05, 4.69) is 231 Å². The first kappa shape index (κ1) is 38.9. The second kappa shape index (κ2) is 16.7. The van der Waals surface area contributed by atoms with Gasteiger partial charge in [-0.25, -0.2) is 0 Å². The summed E-state index contributed by atoms with van der Waals surface area (Å²) in [5.74, 6) is 0. The molecule has 0 aliphatic heterocycles. The van der Waals surface area contributed by atoms with Crippen LogP contribution in [0.2, 0.25) is 0 Å². The first-order chi connectivity index (χ1) is 30.3. The summed E-state index contributed by atoms with van der Waals surface area (Å²) in [5.41, 5.74) is 18.5.